The molecule has 7 heteroatoms. The van der Waals surface area contributed by atoms with Crippen LogP contribution in [0, 0.1) is 5.95 Å². The number of nitrogens with zero attached hydrogens (tertiary/aromatic N) is 1. The first-order valence-electron chi connectivity index (χ1n) is 3.39. The van der Waals surface area contributed by atoms with Gasteiger partial charge in [-0.25, -0.2) is 0 Å². The minimum Gasteiger partial charge on any atom is -0.387 e. The molecule has 14 heavy (non-hydrogen) atoms. The van der Waals surface area contributed by atoms with Crippen molar-refractivity contribution < 1.29 is 22.3 Å². The van der Waals surface area contributed by atoms with Gasteiger partial charge in [-0.1, -0.05) is 15.9 Å². The van der Waals surface area contributed by atoms with E-state index in [0.717, 1.165) is 12.1 Å². The van der Waals surface area contributed by atoms with Crippen LogP contribution in [0.5, 0.6) is 5.88 Å². The van der Waals surface area contributed by atoms with E-state index in [1.54, 1.807) is 0 Å². The van der Waals surface area contributed by atoms with Gasteiger partial charge in [0.25, 0.3) is 0 Å². The Balaban J connectivity index is 2.99. The number of hydrogen-bond acceptors (Lipinski definition) is 2. The van der Waals surface area contributed by atoms with Crippen LogP contribution in [-0.2, 0) is 5.33 Å². The standard InChI is InChI=1S/C7H4BrF4NO/c8-3-4-1-2-5(9)13-6(4)14-7(10,11)12/h1-2H,3H2. The van der Waals surface area contributed by atoms with Crippen LogP contribution in [0.1, 0.15) is 5.56 Å². The van der Waals surface area contributed by atoms with E-state index in [0.29, 0.717) is 0 Å². The third kappa shape index (κ3) is 3.13. The zero-order chi connectivity index (χ0) is 10.8. The van der Waals surface area contributed by atoms with Gasteiger partial charge in [-0.15, -0.1) is 13.2 Å². The van der Waals surface area contributed by atoms with E-state index in [1.165, 1.54) is 0 Å². The second kappa shape index (κ2) is 4.12. The third-order valence-electron chi connectivity index (χ3n) is 1.26. The normalized spacial score (nSPS) is 11.5. The number of alkyl halides is 4. The molecule has 78 valence electrons. The van der Waals surface area contributed by atoms with Crippen LogP contribution in [0.4, 0.5) is 17.6 Å². The number of halogens is 5. The largest absolute Gasteiger partial charge is 0.574 e. The van der Waals surface area contributed by atoms with Gasteiger partial charge in [0.2, 0.25) is 11.8 Å². The van der Waals surface area contributed by atoms with Crippen molar-refractivity contribution in [3.8, 4) is 5.88 Å². The van der Waals surface area contributed by atoms with Gasteiger partial charge in [-0.3, -0.25) is 0 Å². The molecule has 0 saturated heterocycles. The second-order valence-electron chi connectivity index (χ2n) is 2.28. The summed E-state index contributed by atoms with van der Waals surface area (Å²) >= 11 is 2.93. The van der Waals surface area contributed by atoms with Gasteiger partial charge in [-0.05, 0) is 12.1 Å². The first-order valence-corrected chi connectivity index (χ1v) is 4.51. The van der Waals surface area contributed by atoms with Crippen LogP contribution < -0.4 is 4.74 Å². The lowest BCUT2D eigenvalue weighted by molar-refractivity contribution is -0.276. The van der Waals surface area contributed by atoms with Gasteiger partial charge in [0.15, 0.2) is 0 Å². The monoisotopic (exact) mass is 273 g/mol. The molecule has 0 unspecified atom stereocenters. The zero-order valence-corrected chi connectivity index (χ0v) is 8.19. The van der Waals surface area contributed by atoms with Crippen LogP contribution in [-0.4, -0.2) is 11.3 Å². The van der Waals surface area contributed by atoms with E-state index < -0.39 is 18.2 Å². The summed E-state index contributed by atoms with van der Waals surface area (Å²) in [6, 6.07) is 2.12. The summed E-state index contributed by atoms with van der Waals surface area (Å²) in [6.45, 7) is 0. The highest BCUT2D eigenvalue weighted by Crippen LogP contribution is 2.25. The lowest BCUT2D eigenvalue weighted by Gasteiger charge is -2.10. The molecule has 2 nitrogen and oxygen atoms in total. The van der Waals surface area contributed by atoms with Crippen LogP contribution in [0.25, 0.3) is 0 Å². The van der Waals surface area contributed by atoms with E-state index in [9.17, 15) is 17.6 Å². The molecule has 0 radical (unpaired) electrons. The molecule has 0 aliphatic carbocycles. The topological polar surface area (TPSA) is 22.1 Å². The van der Waals surface area contributed by atoms with Crippen molar-refractivity contribution in [1.29, 1.82) is 0 Å². The molecule has 0 saturated carbocycles. The van der Waals surface area contributed by atoms with Crippen LogP contribution in [0.3, 0.4) is 0 Å². The summed E-state index contributed by atoms with van der Waals surface area (Å²) in [7, 11) is 0. The summed E-state index contributed by atoms with van der Waals surface area (Å²) < 4.78 is 51.4. The van der Waals surface area contributed by atoms with Gasteiger partial charge in [-0.2, -0.15) is 9.37 Å². The number of ether oxygens (including phenoxy) is 1. The van der Waals surface area contributed by atoms with E-state index in [2.05, 4.69) is 25.7 Å². The van der Waals surface area contributed by atoms with Gasteiger partial charge in [0.1, 0.15) is 0 Å². The summed E-state index contributed by atoms with van der Waals surface area (Å²) in [6.07, 6.45) is -4.86. The van der Waals surface area contributed by atoms with Crippen molar-refractivity contribution in [2.75, 3.05) is 0 Å². The molecule has 0 N–H and O–H groups in total. The Labute approximate surface area is 85.0 Å². The maximum absolute atomic E-state index is 12.5. The quantitative estimate of drug-likeness (QED) is 0.470. The molecule has 0 spiro atoms. The third-order valence-corrected chi connectivity index (χ3v) is 1.87. The van der Waals surface area contributed by atoms with Crippen molar-refractivity contribution in [3.63, 3.8) is 0 Å². The molecule has 1 rings (SSSR count). The molecule has 0 atom stereocenters. The van der Waals surface area contributed by atoms with Crippen molar-refractivity contribution in [1.82, 2.24) is 4.98 Å². The molecular weight excluding hydrogens is 270 g/mol. The van der Waals surface area contributed by atoms with E-state index in [-0.39, 0.29) is 10.9 Å². The Hall–Kier alpha value is -0.850. The molecular formula is C7H4BrF4NO. The Morgan fingerprint density at radius 1 is 1.36 bits per heavy atom. The Bertz CT molecular complexity index is 328. The number of aromatic nitrogens is 1. The van der Waals surface area contributed by atoms with Crippen molar-refractivity contribution in [2.24, 2.45) is 0 Å². The summed E-state index contributed by atoms with van der Waals surface area (Å²) in [5, 5.41) is 0.103. The van der Waals surface area contributed by atoms with Gasteiger partial charge in [0.05, 0.1) is 0 Å². The molecule has 0 fully saturated rings. The van der Waals surface area contributed by atoms with Crippen LogP contribution in [0.15, 0.2) is 12.1 Å². The van der Waals surface area contributed by atoms with Crippen molar-refractivity contribution >= 4 is 15.9 Å². The van der Waals surface area contributed by atoms with Crippen molar-refractivity contribution in [2.45, 2.75) is 11.7 Å². The highest BCUT2D eigenvalue weighted by Gasteiger charge is 2.32. The average molecular weight is 274 g/mol. The summed E-state index contributed by atoms with van der Waals surface area (Å²) in [4.78, 5) is 2.99. The predicted octanol–water partition coefficient (Wildman–Crippen LogP) is 3.01. The first-order chi connectivity index (χ1) is 6.42. The lowest BCUT2D eigenvalue weighted by atomic mass is 10.3. The molecule has 1 heterocycles. The van der Waals surface area contributed by atoms with Gasteiger partial charge < -0.3 is 4.74 Å². The second-order valence-corrected chi connectivity index (χ2v) is 2.84. The maximum Gasteiger partial charge on any atom is 0.574 e. The van der Waals surface area contributed by atoms with Crippen molar-refractivity contribution in [3.05, 3.63) is 23.6 Å². The fourth-order valence-corrected chi connectivity index (χ4v) is 1.17. The Kier molecular flexibility index (Phi) is 3.30. The lowest BCUT2D eigenvalue weighted by Crippen LogP contribution is -2.19. The SMILES string of the molecule is Fc1ccc(CBr)c(OC(F)(F)F)n1. The van der Waals surface area contributed by atoms with Gasteiger partial charge in [0, 0.05) is 10.9 Å². The summed E-state index contributed by atoms with van der Waals surface area (Å²) in [5.74, 6) is -1.79. The molecule has 0 bridgehead atoms. The summed E-state index contributed by atoms with van der Waals surface area (Å²) in [5.41, 5.74) is 0.128. The van der Waals surface area contributed by atoms with E-state index >= 15 is 0 Å². The van der Waals surface area contributed by atoms with Gasteiger partial charge >= 0.3 is 6.36 Å². The number of pyridine rings is 1. The Morgan fingerprint density at radius 2 is 2.00 bits per heavy atom. The fourth-order valence-electron chi connectivity index (χ4n) is 0.746. The molecule has 0 amide bonds. The number of hydrogen-bond donors (Lipinski definition) is 0. The highest BCUT2D eigenvalue weighted by atomic mass is 79.9. The molecule has 0 aliphatic rings. The molecule has 0 aliphatic heterocycles. The fraction of sp³-hybridized carbons (Fsp3) is 0.286. The minimum atomic E-state index is -4.86. The molecule has 1 aromatic rings. The molecule has 0 aromatic carbocycles. The molecule has 1 aromatic heterocycles. The first kappa shape index (κ1) is 11.2. The maximum atomic E-state index is 12.5. The zero-order valence-electron chi connectivity index (χ0n) is 6.61. The smallest absolute Gasteiger partial charge is 0.387 e. The minimum absolute atomic E-state index is 0.103. The van der Waals surface area contributed by atoms with E-state index in [1.807, 2.05) is 0 Å². The highest BCUT2D eigenvalue weighted by molar-refractivity contribution is 9.08. The van der Waals surface area contributed by atoms with Crippen LogP contribution in [0.2, 0.25) is 0 Å². The average Bonchev–Trinajstić information content (AvgIpc) is 2.01. The Morgan fingerprint density at radius 3 is 2.50 bits per heavy atom. The van der Waals surface area contributed by atoms with E-state index in [4.69, 9.17) is 0 Å². The van der Waals surface area contributed by atoms with Crippen LogP contribution >= 0.6 is 15.9 Å². The number of rotatable bonds is 2. The predicted molar refractivity (Wildman–Crippen MR) is 43.5 cm³/mol.